The van der Waals surface area contributed by atoms with Crippen LogP contribution < -0.4 is 10.2 Å². The zero-order valence-electron chi connectivity index (χ0n) is 17.4. The number of pyridine rings is 1. The number of hydrogen-bond donors (Lipinski definition) is 0. The van der Waals surface area contributed by atoms with Gasteiger partial charge in [0.2, 0.25) is 5.43 Å². The molecule has 1 aliphatic rings. The van der Waals surface area contributed by atoms with E-state index in [1.807, 2.05) is 44.2 Å². The van der Waals surface area contributed by atoms with E-state index >= 15 is 0 Å². The van der Waals surface area contributed by atoms with Gasteiger partial charge in [-0.05, 0) is 5.56 Å². The third-order valence-corrected chi connectivity index (χ3v) is 5.19. The van der Waals surface area contributed by atoms with Gasteiger partial charge in [0.25, 0.3) is 5.91 Å². The van der Waals surface area contributed by atoms with Crippen LogP contribution in [0.2, 0.25) is 0 Å². The predicted octanol–water partition coefficient (Wildman–Crippen LogP) is 3.27. The van der Waals surface area contributed by atoms with Crippen LogP contribution in [0.1, 0.15) is 53.2 Å². The van der Waals surface area contributed by atoms with Crippen molar-refractivity contribution in [2.45, 2.75) is 39.3 Å². The number of rotatable bonds is 5. The maximum absolute atomic E-state index is 13.4. The minimum absolute atomic E-state index is 0.0719. The zero-order chi connectivity index (χ0) is 21.3. The molecule has 3 aromatic rings. The highest BCUT2D eigenvalue weighted by Crippen LogP contribution is 2.26. The molecular weight excluding hydrogens is 382 g/mol. The second-order valence-corrected chi connectivity index (χ2v) is 7.80. The lowest BCUT2D eigenvalue weighted by molar-refractivity contribution is 0.0711. The molecule has 156 valence electrons. The van der Waals surface area contributed by atoms with Gasteiger partial charge in [-0.1, -0.05) is 44.2 Å². The third-order valence-electron chi connectivity index (χ3n) is 5.19. The van der Waals surface area contributed by atoms with Gasteiger partial charge in [0.05, 0.1) is 6.54 Å². The van der Waals surface area contributed by atoms with Gasteiger partial charge in [-0.15, -0.1) is 0 Å². The van der Waals surface area contributed by atoms with Crippen molar-refractivity contribution in [1.29, 1.82) is 0 Å². The highest BCUT2D eigenvalue weighted by molar-refractivity contribution is 5.95. The summed E-state index contributed by atoms with van der Waals surface area (Å²) in [7, 11) is 1.74. The van der Waals surface area contributed by atoms with Gasteiger partial charge in [0.15, 0.2) is 17.3 Å². The molecule has 0 radical (unpaired) electrons. The van der Waals surface area contributed by atoms with E-state index in [1.165, 1.54) is 6.07 Å². The Morgan fingerprint density at radius 3 is 2.73 bits per heavy atom. The molecular formula is C23H25N3O4. The number of ether oxygens (including phenoxy) is 1. The number of carbonyl (C=O) groups excluding carboxylic acids is 1. The first kappa shape index (κ1) is 19.9. The summed E-state index contributed by atoms with van der Waals surface area (Å²) in [5, 5.41) is 0. The van der Waals surface area contributed by atoms with E-state index in [0.29, 0.717) is 25.4 Å². The summed E-state index contributed by atoms with van der Waals surface area (Å²) in [5.74, 6) is 1.53. The van der Waals surface area contributed by atoms with Crippen LogP contribution in [-0.4, -0.2) is 26.9 Å². The van der Waals surface area contributed by atoms with Crippen LogP contribution in [0.3, 0.4) is 0 Å². The molecule has 1 amide bonds. The van der Waals surface area contributed by atoms with Crippen molar-refractivity contribution in [2.24, 2.45) is 7.05 Å². The van der Waals surface area contributed by atoms with Crippen LogP contribution in [0.25, 0.3) is 0 Å². The molecule has 2 aromatic heterocycles. The summed E-state index contributed by atoms with van der Waals surface area (Å²) in [6, 6.07) is 11.0. The van der Waals surface area contributed by atoms with E-state index in [4.69, 9.17) is 9.15 Å². The van der Waals surface area contributed by atoms with E-state index in [0.717, 1.165) is 17.0 Å². The summed E-state index contributed by atoms with van der Waals surface area (Å²) in [5.41, 5.74) is 1.64. The molecule has 4 rings (SSSR count). The molecule has 1 aromatic carbocycles. The number of oxazole rings is 1. The molecule has 0 atom stereocenters. The number of hydrogen-bond acceptors (Lipinski definition) is 5. The second-order valence-electron chi connectivity index (χ2n) is 7.80. The first-order chi connectivity index (χ1) is 14.4. The second kappa shape index (κ2) is 8.18. The van der Waals surface area contributed by atoms with Crippen molar-refractivity contribution >= 4 is 5.91 Å². The summed E-state index contributed by atoms with van der Waals surface area (Å²) < 4.78 is 13.3. The van der Waals surface area contributed by atoms with Crippen molar-refractivity contribution < 1.29 is 13.9 Å². The van der Waals surface area contributed by atoms with Gasteiger partial charge in [-0.2, -0.15) is 0 Å². The SMILES string of the molecule is CC(C)c1nc2c(o1)CCN(C(=O)c1c(OCc3ccccc3)c(=O)ccn1C)C2. The standard InChI is InChI=1S/C23H25N3O4/c1-15(2)22-24-17-13-26(12-10-19(17)30-22)23(28)20-21(18(27)9-11-25(20)3)29-14-16-7-5-4-6-8-16/h4-9,11,15H,10,12-14H2,1-3H3. The molecule has 7 heteroatoms. The maximum Gasteiger partial charge on any atom is 0.274 e. The fourth-order valence-corrected chi connectivity index (χ4v) is 3.51. The topological polar surface area (TPSA) is 77.6 Å². The van der Waals surface area contributed by atoms with Crippen LogP contribution in [0, 0.1) is 0 Å². The fraction of sp³-hybridized carbons (Fsp3) is 0.348. The highest BCUT2D eigenvalue weighted by atomic mass is 16.5. The summed E-state index contributed by atoms with van der Waals surface area (Å²) in [4.78, 5) is 32.2. The molecule has 0 spiro atoms. The average molecular weight is 407 g/mol. The van der Waals surface area contributed by atoms with Gasteiger partial charge in [0.1, 0.15) is 18.1 Å². The Balaban J connectivity index is 1.60. The molecule has 0 unspecified atom stereocenters. The van der Waals surface area contributed by atoms with E-state index < -0.39 is 0 Å². The van der Waals surface area contributed by atoms with Crippen molar-refractivity contribution in [3.63, 3.8) is 0 Å². The largest absolute Gasteiger partial charge is 0.483 e. The zero-order valence-corrected chi connectivity index (χ0v) is 17.4. The number of fused-ring (bicyclic) bond motifs is 1. The molecule has 0 bridgehead atoms. The van der Waals surface area contributed by atoms with E-state index in [-0.39, 0.29) is 35.3 Å². The molecule has 0 saturated heterocycles. The van der Waals surface area contributed by atoms with Gasteiger partial charge in [-0.3, -0.25) is 9.59 Å². The Labute approximate surface area is 174 Å². The number of aryl methyl sites for hydroxylation is 1. The van der Waals surface area contributed by atoms with E-state index in [2.05, 4.69) is 4.98 Å². The van der Waals surface area contributed by atoms with Crippen molar-refractivity contribution in [3.8, 4) is 5.75 Å². The lowest BCUT2D eigenvalue weighted by atomic mass is 10.1. The van der Waals surface area contributed by atoms with Gasteiger partial charge < -0.3 is 18.6 Å². The Morgan fingerprint density at radius 1 is 1.23 bits per heavy atom. The van der Waals surface area contributed by atoms with Crippen LogP contribution in [-0.2, 0) is 26.6 Å². The Hall–Kier alpha value is -3.35. The number of amides is 1. The van der Waals surface area contributed by atoms with Crippen LogP contribution in [0.4, 0.5) is 0 Å². The van der Waals surface area contributed by atoms with Crippen LogP contribution >= 0.6 is 0 Å². The highest BCUT2D eigenvalue weighted by Gasteiger charge is 2.30. The maximum atomic E-state index is 13.4. The quantitative estimate of drug-likeness (QED) is 0.649. The van der Waals surface area contributed by atoms with Crippen LogP contribution in [0.15, 0.2) is 51.8 Å². The van der Waals surface area contributed by atoms with Gasteiger partial charge in [0, 0.05) is 38.2 Å². The summed E-state index contributed by atoms with van der Waals surface area (Å²) in [6.07, 6.45) is 2.19. The Bertz CT molecular complexity index is 1120. The first-order valence-electron chi connectivity index (χ1n) is 10.1. The summed E-state index contributed by atoms with van der Waals surface area (Å²) >= 11 is 0. The lowest BCUT2D eigenvalue weighted by Gasteiger charge is -2.27. The van der Waals surface area contributed by atoms with Crippen molar-refractivity contribution in [2.75, 3.05) is 6.54 Å². The summed E-state index contributed by atoms with van der Waals surface area (Å²) in [6.45, 7) is 5.11. The molecule has 0 N–H and O–H groups in total. The number of benzene rings is 1. The molecule has 0 saturated carbocycles. The molecule has 0 fully saturated rings. The van der Waals surface area contributed by atoms with E-state index in [1.54, 1.807) is 22.7 Å². The Kier molecular flexibility index (Phi) is 5.44. The van der Waals surface area contributed by atoms with Crippen molar-refractivity contribution in [3.05, 3.63) is 81.4 Å². The molecule has 0 aliphatic carbocycles. The van der Waals surface area contributed by atoms with Crippen LogP contribution in [0.5, 0.6) is 5.75 Å². The normalized spacial score (nSPS) is 13.4. The number of nitrogens with zero attached hydrogens (tertiary/aromatic N) is 3. The monoisotopic (exact) mass is 407 g/mol. The predicted molar refractivity (Wildman–Crippen MR) is 111 cm³/mol. The minimum Gasteiger partial charge on any atom is -0.483 e. The third kappa shape index (κ3) is 3.87. The smallest absolute Gasteiger partial charge is 0.274 e. The van der Waals surface area contributed by atoms with Gasteiger partial charge in [-0.25, -0.2) is 4.98 Å². The van der Waals surface area contributed by atoms with Crippen molar-refractivity contribution in [1.82, 2.24) is 14.5 Å². The number of carbonyl (C=O) groups is 1. The molecule has 1 aliphatic heterocycles. The van der Waals surface area contributed by atoms with Gasteiger partial charge >= 0.3 is 0 Å². The molecule has 3 heterocycles. The number of aromatic nitrogens is 2. The first-order valence-corrected chi connectivity index (χ1v) is 10.1. The minimum atomic E-state index is -0.311. The molecule has 30 heavy (non-hydrogen) atoms. The Morgan fingerprint density at radius 2 is 2.00 bits per heavy atom. The average Bonchev–Trinajstić information content (AvgIpc) is 3.18. The van der Waals surface area contributed by atoms with E-state index in [9.17, 15) is 9.59 Å². The molecule has 7 nitrogen and oxygen atoms in total. The lowest BCUT2D eigenvalue weighted by Crippen LogP contribution is -2.38. The fourth-order valence-electron chi connectivity index (χ4n) is 3.51.